The number of nitrogens with zero attached hydrogens (tertiary/aromatic N) is 3. The maximum atomic E-state index is 4.34. The molecule has 0 amide bonds. The highest BCUT2D eigenvalue weighted by Gasteiger charge is 2.27. The molecule has 0 saturated heterocycles. The summed E-state index contributed by atoms with van der Waals surface area (Å²) in [5.41, 5.74) is 0. The van der Waals surface area contributed by atoms with Gasteiger partial charge in [0.15, 0.2) is 0 Å². The highest BCUT2D eigenvalue weighted by Crippen LogP contribution is 2.27. The molecule has 1 saturated carbocycles. The van der Waals surface area contributed by atoms with E-state index in [2.05, 4.69) is 29.4 Å². The minimum absolute atomic E-state index is 0.673. The van der Waals surface area contributed by atoms with E-state index in [1.54, 1.807) is 6.33 Å². The first kappa shape index (κ1) is 10.6. The van der Waals surface area contributed by atoms with E-state index in [1.165, 1.54) is 19.3 Å². The molecule has 1 aromatic heterocycles. The van der Waals surface area contributed by atoms with Crippen LogP contribution in [0.2, 0.25) is 0 Å². The maximum absolute atomic E-state index is 4.34. The van der Waals surface area contributed by atoms with E-state index in [1.807, 2.05) is 4.68 Å². The van der Waals surface area contributed by atoms with E-state index in [0.717, 1.165) is 24.7 Å². The Labute approximate surface area is 91.1 Å². The van der Waals surface area contributed by atoms with E-state index in [-0.39, 0.29) is 0 Å². The van der Waals surface area contributed by atoms with Crippen LogP contribution in [0, 0.1) is 5.92 Å². The summed E-state index contributed by atoms with van der Waals surface area (Å²) < 4.78 is 2.00. The third-order valence-corrected chi connectivity index (χ3v) is 3.47. The molecule has 0 aromatic carbocycles. The third-order valence-electron chi connectivity index (χ3n) is 3.47. The molecular formula is C11H20N4. The third kappa shape index (κ3) is 2.20. The summed E-state index contributed by atoms with van der Waals surface area (Å²) in [6, 6.07) is 0.673. The van der Waals surface area contributed by atoms with Crippen molar-refractivity contribution in [1.82, 2.24) is 20.1 Å². The fraction of sp³-hybridized carbons (Fsp3) is 0.818. The molecule has 1 aliphatic carbocycles. The van der Waals surface area contributed by atoms with Gasteiger partial charge in [-0.1, -0.05) is 6.42 Å². The van der Waals surface area contributed by atoms with Gasteiger partial charge < -0.3 is 5.32 Å². The molecule has 84 valence electrons. The van der Waals surface area contributed by atoms with Crippen molar-refractivity contribution in [3.8, 4) is 0 Å². The number of aromatic nitrogens is 3. The summed E-state index contributed by atoms with van der Waals surface area (Å²) in [5.74, 6) is 1.88. The Morgan fingerprint density at radius 3 is 3.13 bits per heavy atom. The van der Waals surface area contributed by atoms with Gasteiger partial charge in [0.05, 0.1) is 0 Å². The molecule has 1 aromatic rings. The summed E-state index contributed by atoms with van der Waals surface area (Å²) in [5, 5.41) is 7.62. The molecule has 0 spiro atoms. The van der Waals surface area contributed by atoms with E-state index in [0.29, 0.717) is 6.04 Å². The van der Waals surface area contributed by atoms with Crippen molar-refractivity contribution >= 4 is 0 Å². The van der Waals surface area contributed by atoms with Gasteiger partial charge in [-0.3, -0.25) is 4.68 Å². The molecule has 4 heteroatoms. The van der Waals surface area contributed by atoms with Crippen LogP contribution in [0.25, 0.3) is 0 Å². The van der Waals surface area contributed by atoms with Crippen molar-refractivity contribution in [3.63, 3.8) is 0 Å². The van der Waals surface area contributed by atoms with E-state index >= 15 is 0 Å². The zero-order chi connectivity index (χ0) is 10.7. The number of aryl methyl sites for hydroxylation is 1. The van der Waals surface area contributed by atoms with Crippen LogP contribution in [-0.4, -0.2) is 27.9 Å². The topological polar surface area (TPSA) is 42.7 Å². The SMILES string of the molecule is CCn1ncnc1CC1CCCC1NC. The molecule has 1 N–H and O–H groups in total. The Balaban J connectivity index is 2.01. The summed E-state index contributed by atoms with van der Waals surface area (Å²) in [7, 11) is 2.06. The highest BCUT2D eigenvalue weighted by molar-refractivity contribution is 4.93. The van der Waals surface area contributed by atoms with E-state index in [9.17, 15) is 0 Å². The van der Waals surface area contributed by atoms with Crippen LogP contribution < -0.4 is 5.32 Å². The minimum Gasteiger partial charge on any atom is -0.317 e. The average molecular weight is 208 g/mol. The zero-order valence-corrected chi connectivity index (χ0v) is 9.61. The second kappa shape index (κ2) is 4.75. The van der Waals surface area contributed by atoms with Gasteiger partial charge in [-0.25, -0.2) is 4.98 Å². The standard InChI is InChI=1S/C11H20N4/c1-3-15-11(13-8-14-15)7-9-5-4-6-10(9)12-2/h8-10,12H,3-7H2,1-2H3. The average Bonchev–Trinajstić information content (AvgIpc) is 2.87. The van der Waals surface area contributed by atoms with Crippen LogP contribution in [0.4, 0.5) is 0 Å². The van der Waals surface area contributed by atoms with Crippen LogP contribution in [0.3, 0.4) is 0 Å². The van der Waals surface area contributed by atoms with Gasteiger partial charge in [0.2, 0.25) is 0 Å². The Bertz CT molecular complexity index is 307. The minimum atomic E-state index is 0.673. The number of hydrogen-bond acceptors (Lipinski definition) is 3. The molecule has 2 rings (SSSR count). The Kier molecular flexibility index (Phi) is 3.36. The molecule has 15 heavy (non-hydrogen) atoms. The molecule has 1 fully saturated rings. The van der Waals surface area contributed by atoms with Crippen molar-refractivity contribution in [1.29, 1.82) is 0 Å². The van der Waals surface area contributed by atoms with Crippen LogP contribution in [-0.2, 0) is 13.0 Å². The summed E-state index contributed by atoms with van der Waals surface area (Å²) >= 11 is 0. The lowest BCUT2D eigenvalue weighted by Gasteiger charge is -2.18. The second-order valence-corrected chi connectivity index (χ2v) is 4.28. The van der Waals surface area contributed by atoms with Gasteiger partial charge in [-0.05, 0) is 32.7 Å². The van der Waals surface area contributed by atoms with Crippen molar-refractivity contribution in [2.45, 2.75) is 45.2 Å². The summed E-state index contributed by atoms with van der Waals surface area (Å²) in [4.78, 5) is 4.34. The van der Waals surface area contributed by atoms with Gasteiger partial charge in [-0.15, -0.1) is 0 Å². The van der Waals surface area contributed by atoms with Gasteiger partial charge >= 0.3 is 0 Å². The Morgan fingerprint density at radius 2 is 2.40 bits per heavy atom. The molecule has 2 unspecified atom stereocenters. The molecule has 4 nitrogen and oxygen atoms in total. The van der Waals surface area contributed by atoms with Crippen molar-refractivity contribution < 1.29 is 0 Å². The molecular weight excluding hydrogens is 188 g/mol. The molecule has 0 radical (unpaired) electrons. The lowest BCUT2D eigenvalue weighted by Crippen LogP contribution is -2.30. The molecule has 0 bridgehead atoms. The Hall–Kier alpha value is -0.900. The second-order valence-electron chi connectivity index (χ2n) is 4.28. The van der Waals surface area contributed by atoms with Crippen LogP contribution in [0.15, 0.2) is 6.33 Å². The van der Waals surface area contributed by atoms with Gasteiger partial charge in [0, 0.05) is 19.0 Å². The van der Waals surface area contributed by atoms with Crippen molar-refractivity contribution in [2.75, 3.05) is 7.05 Å². The summed E-state index contributed by atoms with van der Waals surface area (Å²) in [6.07, 6.45) is 6.71. The quantitative estimate of drug-likeness (QED) is 0.809. The number of rotatable bonds is 4. The van der Waals surface area contributed by atoms with Gasteiger partial charge in [0.25, 0.3) is 0 Å². The molecule has 1 aliphatic rings. The zero-order valence-electron chi connectivity index (χ0n) is 9.61. The largest absolute Gasteiger partial charge is 0.317 e. The monoisotopic (exact) mass is 208 g/mol. The van der Waals surface area contributed by atoms with Crippen LogP contribution >= 0.6 is 0 Å². The lowest BCUT2D eigenvalue weighted by molar-refractivity contribution is 0.407. The van der Waals surface area contributed by atoms with Crippen molar-refractivity contribution in [2.24, 2.45) is 5.92 Å². The predicted octanol–water partition coefficient (Wildman–Crippen LogP) is 1.23. The first-order valence-electron chi connectivity index (χ1n) is 5.89. The smallest absolute Gasteiger partial charge is 0.138 e. The number of hydrogen-bond donors (Lipinski definition) is 1. The fourth-order valence-corrected chi connectivity index (χ4v) is 2.61. The molecule has 1 heterocycles. The number of nitrogens with one attached hydrogen (secondary N) is 1. The predicted molar refractivity (Wildman–Crippen MR) is 59.6 cm³/mol. The van der Waals surface area contributed by atoms with E-state index in [4.69, 9.17) is 0 Å². The fourth-order valence-electron chi connectivity index (χ4n) is 2.61. The van der Waals surface area contributed by atoms with Crippen LogP contribution in [0.5, 0.6) is 0 Å². The first-order valence-corrected chi connectivity index (χ1v) is 5.89. The van der Waals surface area contributed by atoms with Crippen molar-refractivity contribution in [3.05, 3.63) is 12.2 Å². The van der Waals surface area contributed by atoms with Gasteiger partial charge in [0.1, 0.15) is 12.2 Å². The highest BCUT2D eigenvalue weighted by atomic mass is 15.3. The van der Waals surface area contributed by atoms with Gasteiger partial charge in [-0.2, -0.15) is 5.10 Å². The lowest BCUT2D eigenvalue weighted by atomic mass is 9.99. The molecule has 2 atom stereocenters. The van der Waals surface area contributed by atoms with Crippen LogP contribution in [0.1, 0.15) is 32.0 Å². The first-order chi connectivity index (χ1) is 7.35. The Morgan fingerprint density at radius 1 is 1.53 bits per heavy atom. The summed E-state index contributed by atoms with van der Waals surface area (Å²) in [6.45, 7) is 3.04. The molecule has 0 aliphatic heterocycles. The van der Waals surface area contributed by atoms with E-state index < -0.39 is 0 Å². The maximum Gasteiger partial charge on any atom is 0.138 e. The normalized spacial score (nSPS) is 26.0.